The Morgan fingerprint density at radius 3 is 2.71 bits per heavy atom. The number of carbonyl (C=O) groups is 1. The first-order valence-electron chi connectivity index (χ1n) is 8.47. The molecule has 0 aliphatic rings. The van der Waals surface area contributed by atoms with Crippen molar-refractivity contribution in [2.45, 2.75) is 13.8 Å². The SMILES string of the molecule is COc1cc(-n2[nH]c(C)c(C=NNC(=O)c3ccccc3C)c2=O)ccc1Cl. The summed E-state index contributed by atoms with van der Waals surface area (Å²) in [5.74, 6) is 0.115. The summed E-state index contributed by atoms with van der Waals surface area (Å²) < 4.78 is 6.55. The molecule has 8 heteroatoms. The minimum absolute atomic E-state index is 0.309. The van der Waals surface area contributed by atoms with Gasteiger partial charge in [-0.2, -0.15) is 5.10 Å². The normalized spacial score (nSPS) is 11.0. The number of rotatable bonds is 5. The van der Waals surface area contributed by atoms with E-state index in [-0.39, 0.29) is 11.5 Å². The van der Waals surface area contributed by atoms with Gasteiger partial charge in [-0.15, -0.1) is 0 Å². The fourth-order valence-electron chi connectivity index (χ4n) is 2.72. The van der Waals surface area contributed by atoms with Crippen molar-refractivity contribution < 1.29 is 9.53 Å². The maximum atomic E-state index is 12.7. The van der Waals surface area contributed by atoms with Crippen LogP contribution in [0.3, 0.4) is 0 Å². The van der Waals surface area contributed by atoms with Gasteiger partial charge in [0, 0.05) is 17.3 Å². The molecule has 0 saturated heterocycles. The lowest BCUT2D eigenvalue weighted by Crippen LogP contribution is -2.20. The quantitative estimate of drug-likeness (QED) is 0.511. The van der Waals surface area contributed by atoms with Gasteiger partial charge in [0.15, 0.2) is 0 Å². The van der Waals surface area contributed by atoms with Crippen LogP contribution >= 0.6 is 11.6 Å². The molecule has 144 valence electrons. The van der Waals surface area contributed by atoms with Crippen LogP contribution in [0, 0.1) is 13.8 Å². The highest BCUT2D eigenvalue weighted by Gasteiger charge is 2.13. The van der Waals surface area contributed by atoms with Gasteiger partial charge in [0.25, 0.3) is 11.5 Å². The Hall–Kier alpha value is -3.32. The van der Waals surface area contributed by atoms with Crippen LogP contribution in [0.4, 0.5) is 0 Å². The molecule has 0 radical (unpaired) electrons. The Kier molecular flexibility index (Phi) is 5.65. The topological polar surface area (TPSA) is 88.5 Å². The summed E-state index contributed by atoms with van der Waals surface area (Å²) in [5, 5.41) is 7.36. The number of hydrogen-bond acceptors (Lipinski definition) is 4. The lowest BCUT2D eigenvalue weighted by Gasteiger charge is -2.06. The zero-order valence-electron chi connectivity index (χ0n) is 15.6. The maximum Gasteiger partial charge on any atom is 0.280 e. The second-order valence-corrected chi connectivity index (χ2v) is 6.53. The minimum atomic E-state index is -0.342. The number of aromatic amines is 1. The first kappa shape index (κ1) is 19.4. The van der Waals surface area contributed by atoms with Gasteiger partial charge >= 0.3 is 0 Å². The van der Waals surface area contributed by atoms with E-state index in [9.17, 15) is 9.59 Å². The summed E-state index contributed by atoms with van der Waals surface area (Å²) in [6.45, 7) is 3.59. The molecule has 0 fully saturated rings. The largest absolute Gasteiger partial charge is 0.495 e. The molecule has 0 unspecified atom stereocenters. The average molecular weight is 399 g/mol. The van der Waals surface area contributed by atoms with Crippen molar-refractivity contribution in [1.82, 2.24) is 15.2 Å². The van der Waals surface area contributed by atoms with Gasteiger partial charge in [0.1, 0.15) is 5.75 Å². The predicted molar refractivity (Wildman–Crippen MR) is 109 cm³/mol. The monoisotopic (exact) mass is 398 g/mol. The number of hydrogen-bond donors (Lipinski definition) is 2. The van der Waals surface area contributed by atoms with Crippen molar-refractivity contribution >= 4 is 23.7 Å². The highest BCUT2D eigenvalue weighted by Crippen LogP contribution is 2.26. The second-order valence-electron chi connectivity index (χ2n) is 6.12. The van der Waals surface area contributed by atoms with E-state index in [2.05, 4.69) is 15.6 Å². The van der Waals surface area contributed by atoms with E-state index in [0.29, 0.717) is 33.3 Å². The minimum Gasteiger partial charge on any atom is -0.495 e. The van der Waals surface area contributed by atoms with Crippen LogP contribution in [0.25, 0.3) is 5.69 Å². The third kappa shape index (κ3) is 3.84. The van der Waals surface area contributed by atoms with Crippen LogP contribution in [0.5, 0.6) is 5.75 Å². The predicted octanol–water partition coefficient (Wildman–Crippen LogP) is 3.21. The third-order valence-corrected chi connectivity index (χ3v) is 4.57. The smallest absolute Gasteiger partial charge is 0.280 e. The standard InChI is InChI=1S/C20H19ClN4O3/c1-12-6-4-5-7-15(12)19(26)23-22-11-16-13(2)24-25(20(16)27)14-8-9-17(21)18(10-14)28-3/h4-11,24H,1-3H3,(H,23,26). The van der Waals surface area contributed by atoms with Crippen molar-refractivity contribution in [2.75, 3.05) is 7.11 Å². The van der Waals surface area contributed by atoms with E-state index in [0.717, 1.165) is 5.56 Å². The molecule has 0 aliphatic heterocycles. The summed E-state index contributed by atoms with van der Waals surface area (Å²) in [5.41, 5.74) is 5.01. The second kappa shape index (κ2) is 8.14. The molecule has 2 N–H and O–H groups in total. The van der Waals surface area contributed by atoms with E-state index in [1.54, 1.807) is 37.3 Å². The summed E-state index contributed by atoms with van der Waals surface area (Å²) in [6.07, 6.45) is 1.33. The lowest BCUT2D eigenvalue weighted by atomic mass is 10.1. The number of aryl methyl sites for hydroxylation is 2. The number of aromatic nitrogens is 2. The van der Waals surface area contributed by atoms with Crippen LogP contribution < -0.4 is 15.7 Å². The molecule has 1 heterocycles. The summed E-state index contributed by atoms with van der Waals surface area (Å²) >= 11 is 6.04. The van der Waals surface area contributed by atoms with E-state index < -0.39 is 0 Å². The van der Waals surface area contributed by atoms with Gasteiger partial charge in [0.05, 0.1) is 29.6 Å². The maximum absolute atomic E-state index is 12.7. The molecular formula is C20H19ClN4O3. The Morgan fingerprint density at radius 1 is 1.25 bits per heavy atom. The number of amides is 1. The highest BCUT2D eigenvalue weighted by atomic mass is 35.5. The fourth-order valence-corrected chi connectivity index (χ4v) is 2.92. The number of benzene rings is 2. The molecule has 0 bridgehead atoms. The van der Waals surface area contributed by atoms with Crippen molar-refractivity contribution in [1.29, 1.82) is 0 Å². The molecule has 1 aromatic heterocycles. The summed E-state index contributed by atoms with van der Waals surface area (Å²) in [7, 11) is 1.50. The van der Waals surface area contributed by atoms with Crippen molar-refractivity contribution in [3.05, 3.63) is 80.2 Å². The molecule has 3 rings (SSSR count). The molecule has 0 aliphatic carbocycles. The Morgan fingerprint density at radius 2 is 2.00 bits per heavy atom. The molecule has 7 nitrogen and oxygen atoms in total. The number of carbonyl (C=O) groups excluding carboxylic acids is 1. The number of H-pyrrole nitrogens is 1. The Balaban J connectivity index is 1.84. The van der Waals surface area contributed by atoms with Gasteiger partial charge in [0.2, 0.25) is 0 Å². The first-order chi connectivity index (χ1) is 13.4. The fraction of sp³-hybridized carbons (Fsp3) is 0.150. The Bertz CT molecular complexity index is 1110. The van der Waals surface area contributed by atoms with Gasteiger partial charge in [-0.25, -0.2) is 10.1 Å². The Labute approximate surface area is 166 Å². The zero-order chi connectivity index (χ0) is 20.3. The van der Waals surface area contributed by atoms with Crippen LogP contribution in [-0.4, -0.2) is 29.0 Å². The molecule has 1 amide bonds. The molecular weight excluding hydrogens is 380 g/mol. The summed E-state index contributed by atoms with van der Waals surface area (Å²) in [4.78, 5) is 24.9. The number of halogens is 1. The molecule has 28 heavy (non-hydrogen) atoms. The number of nitrogens with one attached hydrogen (secondary N) is 2. The van der Waals surface area contributed by atoms with Crippen molar-refractivity contribution in [3.8, 4) is 11.4 Å². The van der Waals surface area contributed by atoms with Crippen molar-refractivity contribution in [3.63, 3.8) is 0 Å². The highest BCUT2D eigenvalue weighted by molar-refractivity contribution is 6.32. The van der Waals surface area contributed by atoms with E-state index >= 15 is 0 Å². The molecule has 0 spiro atoms. The van der Waals surface area contributed by atoms with Crippen LogP contribution in [0.2, 0.25) is 5.02 Å². The number of ether oxygens (including phenoxy) is 1. The average Bonchev–Trinajstić information content (AvgIpc) is 2.97. The van der Waals surface area contributed by atoms with Gasteiger partial charge < -0.3 is 4.74 Å². The van der Waals surface area contributed by atoms with Gasteiger partial charge in [-0.1, -0.05) is 29.8 Å². The molecule has 0 atom stereocenters. The zero-order valence-corrected chi connectivity index (χ0v) is 16.4. The number of nitrogens with zero attached hydrogens (tertiary/aromatic N) is 2. The van der Waals surface area contributed by atoms with Crippen LogP contribution in [0.15, 0.2) is 52.4 Å². The molecule has 3 aromatic rings. The summed E-state index contributed by atoms with van der Waals surface area (Å²) in [6, 6.07) is 12.2. The number of methoxy groups -OCH3 is 1. The van der Waals surface area contributed by atoms with E-state index in [1.165, 1.54) is 18.0 Å². The van der Waals surface area contributed by atoms with Gasteiger partial charge in [-0.05, 0) is 37.6 Å². The van der Waals surface area contributed by atoms with Gasteiger partial charge in [-0.3, -0.25) is 14.7 Å². The molecule has 0 saturated carbocycles. The van der Waals surface area contributed by atoms with Crippen LogP contribution in [-0.2, 0) is 0 Å². The van der Waals surface area contributed by atoms with Crippen molar-refractivity contribution in [2.24, 2.45) is 5.10 Å². The first-order valence-corrected chi connectivity index (χ1v) is 8.84. The van der Waals surface area contributed by atoms with E-state index in [4.69, 9.17) is 16.3 Å². The number of hydrazone groups is 1. The lowest BCUT2D eigenvalue weighted by molar-refractivity contribution is 0.0954. The molecule has 2 aromatic carbocycles. The third-order valence-electron chi connectivity index (χ3n) is 4.26. The van der Waals surface area contributed by atoms with Crippen LogP contribution in [0.1, 0.15) is 27.2 Å². The van der Waals surface area contributed by atoms with E-state index in [1.807, 2.05) is 19.1 Å².